The molecule has 254 valence electrons. The van der Waals surface area contributed by atoms with Crippen LogP contribution in [0.4, 0.5) is 22.8 Å². The van der Waals surface area contributed by atoms with Gasteiger partial charge in [-0.15, -0.1) is 5.01 Å². The fourth-order valence-electron chi connectivity index (χ4n) is 4.36. The van der Waals surface area contributed by atoms with Crippen LogP contribution in [0.15, 0.2) is 64.8 Å². The van der Waals surface area contributed by atoms with E-state index in [1.807, 2.05) is 6.92 Å². The second-order valence-electron chi connectivity index (χ2n) is 10.2. The fourth-order valence-corrected chi connectivity index (χ4v) is 5.24. The SMILES string of the molecule is CCOC(=O)OC(C)ON=[N+]([O-])N1CCC(OC(=O)NS(=O)(=O)c2ccc(-n3nc(C(F)(F)F)cc3-c3ccc(C)cc3)cc2)CC1. The smallest absolute Gasteiger partial charge is 0.511 e. The number of ether oxygens (including phenoxy) is 3. The third-order valence-corrected chi connectivity index (χ3v) is 8.01. The summed E-state index contributed by atoms with van der Waals surface area (Å²) in [5.41, 5.74) is 0.533. The lowest BCUT2D eigenvalue weighted by Crippen LogP contribution is -2.43. The second kappa shape index (κ2) is 14.6. The molecule has 0 spiro atoms. The van der Waals surface area contributed by atoms with E-state index < -0.39 is 46.5 Å². The Morgan fingerprint density at radius 1 is 1.13 bits per heavy atom. The van der Waals surface area contributed by atoms with Gasteiger partial charge >= 0.3 is 18.4 Å². The summed E-state index contributed by atoms with van der Waals surface area (Å²) in [6.07, 6.45) is -8.59. The third-order valence-electron chi connectivity index (χ3n) is 6.68. The average Bonchev–Trinajstić information content (AvgIpc) is 3.47. The van der Waals surface area contributed by atoms with Crippen LogP contribution in [0.25, 0.3) is 16.9 Å². The van der Waals surface area contributed by atoms with E-state index in [2.05, 4.69) is 15.1 Å². The summed E-state index contributed by atoms with van der Waals surface area (Å²) in [6, 6.07) is 12.4. The van der Waals surface area contributed by atoms with Gasteiger partial charge in [-0.05, 0) is 44.2 Å². The number of carbonyl (C=O) groups excluding carboxylic acids is 2. The van der Waals surface area contributed by atoms with Crippen molar-refractivity contribution in [1.82, 2.24) is 19.5 Å². The number of sulfonamides is 1. The van der Waals surface area contributed by atoms with Gasteiger partial charge in [-0.2, -0.15) is 18.3 Å². The van der Waals surface area contributed by atoms with E-state index in [-0.39, 0.29) is 53.8 Å². The molecule has 0 saturated carbocycles. The molecule has 3 aromatic rings. The van der Waals surface area contributed by atoms with Crippen LogP contribution in [0, 0.1) is 12.1 Å². The first-order valence-electron chi connectivity index (χ1n) is 14.2. The Balaban J connectivity index is 1.34. The summed E-state index contributed by atoms with van der Waals surface area (Å²) < 4.78 is 83.6. The monoisotopic (exact) mass is 684 g/mol. The Hall–Kier alpha value is -5.07. The van der Waals surface area contributed by atoms with Crippen molar-refractivity contribution in [3.8, 4) is 16.9 Å². The van der Waals surface area contributed by atoms with Gasteiger partial charge in [-0.25, -0.2) is 27.4 Å². The molecule has 0 bridgehead atoms. The molecule has 0 aliphatic carbocycles. The molecule has 1 unspecified atom stereocenters. The largest absolute Gasteiger partial charge is 0.569 e. The lowest BCUT2D eigenvalue weighted by atomic mass is 10.1. The van der Waals surface area contributed by atoms with Gasteiger partial charge in [-0.1, -0.05) is 29.8 Å². The number of nitrogens with one attached hydrogen (secondary N) is 1. The van der Waals surface area contributed by atoms with E-state index in [1.54, 1.807) is 35.9 Å². The van der Waals surface area contributed by atoms with E-state index in [0.29, 0.717) is 5.56 Å². The van der Waals surface area contributed by atoms with Crippen LogP contribution in [0.1, 0.15) is 37.9 Å². The summed E-state index contributed by atoms with van der Waals surface area (Å²) in [5.74, 6) is 0. The molecule has 1 N–H and O–H groups in total. The minimum absolute atomic E-state index is 0.0731. The maximum atomic E-state index is 13.5. The Kier molecular flexibility index (Phi) is 10.8. The molecule has 2 aromatic carbocycles. The Labute approximate surface area is 267 Å². The number of benzene rings is 2. The molecule has 4 rings (SSSR count). The van der Waals surface area contributed by atoms with E-state index in [4.69, 9.17) is 14.3 Å². The maximum Gasteiger partial charge on any atom is 0.511 e. The van der Waals surface area contributed by atoms with E-state index in [0.717, 1.165) is 28.4 Å². The van der Waals surface area contributed by atoms with E-state index in [1.165, 1.54) is 24.1 Å². The first-order valence-corrected chi connectivity index (χ1v) is 15.6. The number of hydrogen-bond acceptors (Lipinski definition) is 11. The van der Waals surface area contributed by atoms with E-state index >= 15 is 0 Å². The number of aryl methyl sites for hydroxylation is 1. The highest BCUT2D eigenvalue weighted by molar-refractivity contribution is 7.90. The van der Waals surface area contributed by atoms with Crippen LogP contribution in [-0.4, -0.2) is 72.5 Å². The molecular weight excluding hydrogens is 653 g/mol. The van der Waals surface area contributed by atoms with Gasteiger partial charge < -0.3 is 19.4 Å². The molecule has 2 heterocycles. The van der Waals surface area contributed by atoms with Crippen molar-refractivity contribution in [2.75, 3.05) is 19.7 Å². The molecule has 0 radical (unpaired) electrons. The van der Waals surface area contributed by atoms with Crippen molar-refractivity contribution in [2.45, 2.75) is 57.1 Å². The molecular formula is C28H31F3N6O9S. The number of rotatable bonds is 10. The summed E-state index contributed by atoms with van der Waals surface area (Å²) in [5, 5.41) is 20.4. The zero-order valence-corrected chi connectivity index (χ0v) is 26.2. The number of carbonyl (C=O) groups is 2. The quantitative estimate of drug-likeness (QED) is 0.0991. The Morgan fingerprint density at radius 3 is 2.36 bits per heavy atom. The molecule has 1 aromatic heterocycles. The number of piperidine rings is 1. The Morgan fingerprint density at radius 2 is 1.77 bits per heavy atom. The van der Waals surface area contributed by atoms with Crippen LogP contribution >= 0.6 is 0 Å². The normalized spacial score (nSPS) is 15.1. The number of halogens is 3. The van der Waals surface area contributed by atoms with Crippen molar-refractivity contribution in [1.29, 1.82) is 0 Å². The van der Waals surface area contributed by atoms with Crippen LogP contribution in [-0.2, 0) is 35.2 Å². The van der Waals surface area contributed by atoms with Gasteiger partial charge in [0, 0.05) is 25.3 Å². The summed E-state index contributed by atoms with van der Waals surface area (Å²) in [7, 11) is -4.43. The van der Waals surface area contributed by atoms with Gasteiger partial charge in [-0.3, -0.25) is 4.84 Å². The number of nitrogens with zero attached hydrogens (tertiary/aromatic N) is 5. The lowest BCUT2D eigenvalue weighted by molar-refractivity contribution is -0.715. The van der Waals surface area contributed by atoms with Gasteiger partial charge in [0.25, 0.3) is 16.3 Å². The van der Waals surface area contributed by atoms with E-state index in [9.17, 15) is 36.4 Å². The van der Waals surface area contributed by atoms with Gasteiger partial charge in [0.2, 0.25) is 5.28 Å². The Bertz CT molecular complexity index is 1690. The molecule has 1 amide bonds. The molecule has 1 aliphatic heterocycles. The van der Waals surface area contributed by atoms with Gasteiger partial charge in [0.15, 0.2) is 5.69 Å². The second-order valence-corrected chi connectivity index (χ2v) is 11.8. The number of alkyl halides is 3. The van der Waals surface area contributed by atoms with Crippen molar-refractivity contribution in [3.05, 3.63) is 71.1 Å². The van der Waals surface area contributed by atoms with Crippen molar-refractivity contribution >= 4 is 22.3 Å². The highest BCUT2D eigenvalue weighted by Gasteiger charge is 2.35. The molecule has 15 nitrogen and oxygen atoms in total. The van der Waals surface area contributed by atoms with Crippen molar-refractivity contribution in [3.63, 3.8) is 0 Å². The molecule has 19 heteroatoms. The summed E-state index contributed by atoms with van der Waals surface area (Å²) in [4.78, 5) is 28.3. The minimum atomic E-state index is -4.71. The lowest BCUT2D eigenvalue weighted by Gasteiger charge is -2.28. The maximum absolute atomic E-state index is 13.5. The topological polar surface area (TPSA) is 177 Å². The molecule has 47 heavy (non-hydrogen) atoms. The van der Waals surface area contributed by atoms with Gasteiger partial charge in [0.05, 0.1) is 40.9 Å². The zero-order chi connectivity index (χ0) is 34.4. The average molecular weight is 685 g/mol. The zero-order valence-electron chi connectivity index (χ0n) is 25.3. The molecule has 1 fully saturated rings. The first kappa shape index (κ1) is 34.8. The van der Waals surface area contributed by atoms with Gasteiger partial charge in [0.1, 0.15) is 6.10 Å². The number of aromatic nitrogens is 2. The van der Waals surface area contributed by atoms with Crippen LogP contribution in [0.3, 0.4) is 0 Å². The van der Waals surface area contributed by atoms with Crippen molar-refractivity contribution in [2.24, 2.45) is 5.28 Å². The first-order chi connectivity index (χ1) is 22.2. The number of hydrogen-bond donors (Lipinski definition) is 1. The minimum Gasteiger partial charge on any atom is -0.569 e. The summed E-state index contributed by atoms with van der Waals surface area (Å²) >= 11 is 0. The number of amides is 1. The molecule has 1 atom stereocenters. The standard InChI is InChI=1S/C28H31F3N6O9S/c1-4-43-27(39)44-19(3)46-34-37(40)35-15-13-22(14-16-35)45-26(38)33-47(41,42)23-11-9-21(10-12-23)36-24(17-25(32-36)28(29,30)31)20-7-5-18(2)6-8-20/h5-12,17,19,22H,4,13-16H2,1-3H3,(H,33,38). The van der Waals surface area contributed by atoms with Crippen LogP contribution in [0.5, 0.6) is 0 Å². The number of hydrazine groups is 1. The highest BCUT2D eigenvalue weighted by atomic mass is 32.2. The third kappa shape index (κ3) is 9.24. The summed E-state index contributed by atoms with van der Waals surface area (Å²) in [6.45, 7) is 4.97. The fraction of sp³-hybridized carbons (Fsp3) is 0.393. The molecule has 1 saturated heterocycles. The predicted octanol–water partition coefficient (Wildman–Crippen LogP) is 5.07. The van der Waals surface area contributed by atoms with Crippen LogP contribution < -0.4 is 4.72 Å². The van der Waals surface area contributed by atoms with Crippen molar-refractivity contribution < 1.29 is 55.2 Å². The molecule has 1 aliphatic rings. The highest BCUT2D eigenvalue weighted by Crippen LogP contribution is 2.33. The van der Waals surface area contributed by atoms with Crippen LogP contribution in [0.2, 0.25) is 0 Å². The predicted molar refractivity (Wildman–Crippen MR) is 155 cm³/mol.